The molecule has 1 aliphatic rings. The van der Waals surface area contributed by atoms with Crippen molar-refractivity contribution in [2.75, 3.05) is 13.1 Å². The van der Waals surface area contributed by atoms with Crippen LogP contribution in [-0.2, 0) is 16.1 Å². The van der Waals surface area contributed by atoms with Gasteiger partial charge in [-0.15, -0.1) is 5.10 Å². The maximum atomic E-state index is 11.9. The molecule has 0 unspecified atom stereocenters. The van der Waals surface area contributed by atoms with Crippen LogP contribution in [-0.4, -0.2) is 50.0 Å². The number of carboxylic acid groups (broad SMARTS) is 1. The summed E-state index contributed by atoms with van der Waals surface area (Å²) in [6.07, 6.45) is 3.10. The lowest BCUT2D eigenvalue weighted by Gasteiger charge is -2.15. The summed E-state index contributed by atoms with van der Waals surface area (Å²) in [5.74, 6) is -1.43. The molecule has 1 aromatic heterocycles. The molecular weight excluding hydrogens is 224 g/mol. The molecule has 2 heterocycles. The molecule has 7 heteroatoms. The predicted molar refractivity (Wildman–Crippen MR) is 56.9 cm³/mol. The van der Waals surface area contributed by atoms with Gasteiger partial charge in [-0.3, -0.25) is 9.59 Å². The Kier molecular flexibility index (Phi) is 3.08. The Bertz CT molecular complexity index is 417. The molecule has 0 aromatic carbocycles. The molecular formula is C10H14N4O3. The van der Waals surface area contributed by atoms with E-state index in [2.05, 4.69) is 10.3 Å². The second-order valence-corrected chi connectivity index (χ2v) is 4.32. The number of nitrogens with zero attached hydrogens (tertiary/aromatic N) is 4. The van der Waals surface area contributed by atoms with Crippen LogP contribution in [0.4, 0.5) is 0 Å². The Labute approximate surface area is 98.0 Å². The Morgan fingerprint density at radius 2 is 2.24 bits per heavy atom. The van der Waals surface area contributed by atoms with Crippen molar-refractivity contribution in [2.45, 2.75) is 13.5 Å². The van der Waals surface area contributed by atoms with Crippen molar-refractivity contribution in [3.05, 3.63) is 12.4 Å². The van der Waals surface area contributed by atoms with Gasteiger partial charge in [0.25, 0.3) is 0 Å². The fourth-order valence-corrected chi connectivity index (χ4v) is 2.05. The van der Waals surface area contributed by atoms with Gasteiger partial charge < -0.3 is 10.0 Å². The largest absolute Gasteiger partial charge is 0.481 e. The molecule has 0 radical (unpaired) electrons. The number of amides is 1. The number of likely N-dealkylation sites (tertiary alicyclic amines) is 1. The smallest absolute Gasteiger partial charge is 0.308 e. The Hall–Kier alpha value is -1.92. The molecule has 0 bridgehead atoms. The van der Waals surface area contributed by atoms with Crippen LogP contribution in [0.3, 0.4) is 0 Å². The van der Waals surface area contributed by atoms with E-state index in [1.54, 1.807) is 11.1 Å². The van der Waals surface area contributed by atoms with Crippen LogP contribution in [0, 0.1) is 11.8 Å². The second-order valence-electron chi connectivity index (χ2n) is 4.32. The first-order chi connectivity index (χ1) is 8.08. The van der Waals surface area contributed by atoms with Gasteiger partial charge in [0.15, 0.2) is 0 Å². The number of carboxylic acids is 1. The first kappa shape index (κ1) is 11.6. The molecule has 0 saturated carbocycles. The highest BCUT2D eigenvalue weighted by atomic mass is 16.4. The summed E-state index contributed by atoms with van der Waals surface area (Å²) in [6.45, 7) is 2.73. The van der Waals surface area contributed by atoms with Gasteiger partial charge >= 0.3 is 5.97 Å². The minimum absolute atomic E-state index is 0.00723. The maximum absolute atomic E-state index is 11.9. The molecule has 92 valence electrons. The van der Waals surface area contributed by atoms with E-state index < -0.39 is 11.9 Å². The molecule has 0 aliphatic carbocycles. The molecule has 1 saturated heterocycles. The topological polar surface area (TPSA) is 88.3 Å². The predicted octanol–water partition coefficient (Wildman–Crippen LogP) is -0.543. The van der Waals surface area contributed by atoms with E-state index in [4.69, 9.17) is 5.11 Å². The van der Waals surface area contributed by atoms with E-state index in [1.807, 2.05) is 6.92 Å². The van der Waals surface area contributed by atoms with Crippen molar-refractivity contribution < 1.29 is 14.7 Å². The minimum Gasteiger partial charge on any atom is -0.481 e. The highest BCUT2D eigenvalue weighted by molar-refractivity contribution is 5.78. The average molecular weight is 238 g/mol. The fraction of sp³-hybridized carbons (Fsp3) is 0.600. The van der Waals surface area contributed by atoms with Crippen molar-refractivity contribution >= 4 is 11.9 Å². The number of carbonyl (C=O) groups excluding carboxylic acids is 1. The number of rotatable bonds is 3. The van der Waals surface area contributed by atoms with E-state index in [0.717, 1.165) is 0 Å². The first-order valence-electron chi connectivity index (χ1n) is 5.42. The van der Waals surface area contributed by atoms with Gasteiger partial charge in [-0.25, -0.2) is 4.68 Å². The standard InChI is InChI=1S/C10H14N4O3/c1-7-4-13(5-8(7)10(16)17)9(15)6-14-3-2-11-12-14/h2-3,7-8H,4-6H2,1H3,(H,16,17)/t7-,8-/m1/s1. The Morgan fingerprint density at radius 1 is 1.47 bits per heavy atom. The molecule has 2 rings (SSSR count). The minimum atomic E-state index is -0.839. The van der Waals surface area contributed by atoms with Gasteiger partial charge in [-0.1, -0.05) is 12.1 Å². The molecule has 17 heavy (non-hydrogen) atoms. The monoisotopic (exact) mass is 238 g/mol. The van der Waals surface area contributed by atoms with E-state index in [0.29, 0.717) is 6.54 Å². The highest BCUT2D eigenvalue weighted by Gasteiger charge is 2.36. The van der Waals surface area contributed by atoms with Gasteiger partial charge in [-0.2, -0.15) is 0 Å². The number of hydrogen-bond donors (Lipinski definition) is 1. The highest BCUT2D eigenvalue weighted by Crippen LogP contribution is 2.23. The van der Waals surface area contributed by atoms with Crippen molar-refractivity contribution in [3.8, 4) is 0 Å². The van der Waals surface area contributed by atoms with Gasteiger partial charge in [0.05, 0.1) is 12.1 Å². The Balaban J connectivity index is 1.96. The zero-order valence-electron chi connectivity index (χ0n) is 9.48. The third kappa shape index (κ3) is 2.43. The molecule has 1 amide bonds. The van der Waals surface area contributed by atoms with E-state index >= 15 is 0 Å². The normalized spacial score (nSPS) is 23.9. The molecule has 7 nitrogen and oxygen atoms in total. The average Bonchev–Trinajstić information content (AvgIpc) is 2.86. The van der Waals surface area contributed by atoms with Crippen LogP contribution in [0.5, 0.6) is 0 Å². The zero-order valence-corrected chi connectivity index (χ0v) is 9.48. The van der Waals surface area contributed by atoms with Gasteiger partial charge in [0, 0.05) is 19.3 Å². The molecule has 1 aliphatic heterocycles. The van der Waals surface area contributed by atoms with Crippen LogP contribution >= 0.6 is 0 Å². The fourth-order valence-electron chi connectivity index (χ4n) is 2.05. The number of aromatic nitrogens is 3. The summed E-state index contributed by atoms with van der Waals surface area (Å²) in [5, 5.41) is 16.3. The van der Waals surface area contributed by atoms with E-state index in [9.17, 15) is 9.59 Å². The summed E-state index contributed by atoms with van der Waals surface area (Å²) in [7, 11) is 0. The van der Waals surface area contributed by atoms with Gasteiger partial charge in [0.1, 0.15) is 6.54 Å². The number of carbonyl (C=O) groups is 2. The zero-order chi connectivity index (χ0) is 12.4. The molecule has 1 N–H and O–H groups in total. The second kappa shape index (κ2) is 4.52. The Morgan fingerprint density at radius 3 is 2.76 bits per heavy atom. The quantitative estimate of drug-likeness (QED) is 0.763. The lowest BCUT2D eigenvalue weighted by atomic mass is 9.99. The summed E-state index contributed by atoms with van der Waals surface area (Å²) in [6, 6.07) is 0. The summed E-state index contributed by atoms with van der Waals surface area (Å²) in [4.78, 5) is 24.4. The number of hydrogen-bond acceptors (Lipinski definition) is 4. The SMILES string of the molecule is C[C@@H]1CN(C(=O)Cn2ccnn2)C[C@H]1C(=O)O. The lowest BCUT2D eigenvalue weighted by molar-refractivity contribution is -0.142. The van der Waals surface area contributed by atoms with Gasteiger partial charge in [-0.05, 0) is 5.92 Å². The van der Waals surface area contributed by atoms with Crippen LogP contribution in [0.1, 0.15) is 6.92 Å². The third-order valence-electron chi connectivity index (χ3n) is 3.05. The van der Waals surface area contributed by atoms with Crippen LogP contribution in [0.25, 0.3) is 0 Å². The summed E-state index contributed by atoms with van der Waals surface area (Å²) < 4.78 is 1.43. The molecule has 1 aromatic rings. The first-order valence-corrected chi connectivity index (χ1v) is 5.42. The van der Waals surface area contributed by atoms with Crippen LogP contribution < -0.4 is 0 Å². The van der Waals surface area contributed by atoms with Crippen molar-refractivity contribution in [1.82, 2.24) is 19.9 Å². The van der Waals surface area contributed by atoms with Gasteiger partial charge in [0.2, 0.25) is 5.91 Å². The van der Waals surface area contributed by atoms with Crippen LogP contribution in [0.15, 0.2) is 12.4 Å². The summed E-state index contributed by atoms with van der Waals surface area (Å²) in [5.41, 5.74) is 0. The van der Waals surface area contributed by atoms with Crippen molar-refractivity contribution in [2.24, 2.45) is 11.8 Å². The molecule has 2 atom stereocenters. The van der Waals surface area contributed by atoms with E-state index in [1.165, 1.54) is 10.9 Å². The summed E-state index contributed by atoms with van der Waals surface area (Å²) >= 11 is 0. The van der Waals surface area contributed by atoms with Crippen molar-refractivity contribution in [1.29, 1.82) is 0 Å². The van der Waals surface area contributed by atoms with E-state index in [-0.39, 0.29) is 24.9 Å². The molecule has 0 spiro atoms. The van der Waals surface area contributed by atoms with Crippen molar-refractivity contribution in [3.63, 3.8) is 0 Å². The molecule has 1 fully saturated rings. The maximum Gasteiger partial charge on any atom is 0.308 e. The van der Waals surface area contributed by atoms with Crippen LogP contribution in [0.2, 0.25) is 0 Å². The number of aliphatic carboxylic acids is 1. The lowest BCUT2D eigenvalue weighted by Crippen LogP contribution is -2.33. The third-order valence-corrected chi connectivity index (χ3v) is 3.05.